The average Bonchev–Trinajstić information content (AvgIpc) is 3.37. The van der Waals surface area contributed by atoms with Gasteiger partial charge in [-0.15, -0.1) is 5.10 Å². The van der Waals surface area contributed by atoms with Crippen LogP contribution in [0.2, 0.25) is 0 Å². The average molecular weight is 487 g/mol. The number of aromatic nitrogens is 6. The molecule has 0 aliphatic carbocycles. The molecule has 0 amide bonds. The minimum Gasteiger partial charge on any atom is -0.494 e. The van der Waals surface area contributed by atoms with E-state index in [4.69, 9.17) is 10.5 Å². The molecular formula is C23H28F2N8O2. The van der Waals surface area contributed by atoms with E-state index in [2.05, 4.69) is 20.2 Å². The van der Waals surface area contributed by atoms with Gasteiger partial charge in [0.2, 0.25) is 5.95 Å². The lowest BCUT2D eigenvalue weighted by Gasteiger charge is -2.34. The van der Waals surface area contributed by atoms with Gasteiger partial charge in [-0.3, -0.25) is 4.68 Å². The van der Waals surface area contributed by atoms with Crippen LogP contribution in [0.5, 0.6) is 5.75 Å². The van der Waals surface area contributed by atoms with Crippen LogP contribution in [0.4, 0.5) is 20.4 Å². The van der Waals surface area contributed by atoms with Gasteiger partial charge in [0.25, 0.3) is 0 Å². The smallest absolute Gasteiger partial charge is 0.223 e. The Balaban J connectivity index is 1.52. The van der Waals surface area contributed by atoms with Crippen LogP contribution in [-0.4, -0.2) is 66.4 Å². The maximum Gasteiger partial charge on any atom is 0.223 e. The van der Waals surface area contributed by atoms with Crippen LogP contribution in [0.25, 0.3) is 16.6 Å². The minimum atomic E-state index is -1.11. The first kappa shape index (κ1) is 23.2. The number of nitrogens with zero attached hydrogens (tertiary/aromatic N) is 7. The second-order valence-corrected chi connectivity index (χ2v) is 9.72. The van der Waals surface area contributed by atoms with Gasteiger partial charge in [-0.05, 0) is 33.3 Å². The molecule has 1 fully saturated rings. The molecule has 2 atom stereocenters. The fourth-order valence-electron chi connectivity index (χ4n) is 4.73. The van der Waals surface area contributed by atoms with E-state index in [1.54, 1.807) is 18.5 Å². The molecule has 35 heavy (non-hydrogen) atoms. The summed E-state index contributed by atoms with van der Waals surface area (Å²) in [6.07, 6.45) is 0.958. The summed E-state index contributed by atoms with van der Waals surface area (Å²) in [7, 11) is 1.43. The van der Waals surface area contributed by atoms with E-state index < -0.39 is 17.6 Å². The van der Waals surface area contributed by atoms with Crippen molar-refractivity contribution in [2.45, 2.75) is 51.4 Å². The molecule has 10 nitrogen and oxygen atoms in total. The van der Waals surface area contributed by atoms with Crippen molar-refractivity contribution in [3.63, 3.8) is 0 Å². The zero-order valence-corrected chi connectivity index (χ0v) is 20.0. The van der Waals surface area contributed by atoms with Gasteiger partial charge >= 0.3 is 0 Å². The number of aryl methyl sites for hydroxylation is 1. The SMILES string of the molecule is COc1cc(F)cc2c1nc(N)n1nc([C@H]3C[C@H](F)CN(c4cn(CC(C)(C)O)nc4C)C3)nc21. The number of benzene rings is 1. The molecule has 0 radical (unpaired) electrons. The summed E-state index contributed by atoms with van der Waals surface area (Å²) in [6.45, 7) is 6.27. The summed E-state index contributed by atoms with van der Waals surface area (Å²) in [5, 5.41) is 19.5. The van der Waals surface area contributed by atoms with E-state index in [0.717, 1.165) is 11.4 Å². The molecule has 12 heteroatoms. The lowest BCUT2D eigenvalue weighted by Crippen LogP contribution is -2.41. The van der Waals surface area contributed by atoms with Crippen LogP contribution in [-0.2, 0) is 6.54 Å². The van der Waals surface area contributed by atoms with E-state index >= 15 is 0 Å². The molecule has 0 saturated carbocycles. The van der Waals surface area contributed by atoms with Gasteiger partial charge in [0.15, 0.2) is 11.5 Å². The largest absolute Gasteiger partial charge is 0.494 e. The number of nitrogens with two attached hydrogens (primary N) is 1. The molecule has 1 aromatic carbocycles. The van der Waals surface area contributed by atoms with Crippen LogP contribution < -0.4 is 15.4 Å². The van der Waals surface area contributed by atoms with Crippen LogP contribution in [0, 0.1) is 12.7 Å². The summed E-state index contributed by atoms with van der Waals surface area (Å²) in [6, 6.07) is 2.54. The molecule has 1 aliphatic rings. The van der Waals surface area contributed by atoms with E-state index in [1.165, 1.54) is 23.8 Å². The number of nitrogen functional groups attached to an aromatic ring is 1. The highest BCUT2D eigenvalue weighted by atomic mass is 19.1. The van der Waals surface area contributed by atoms with Crippen LogP contribution >= 0.6 is 0 Å². The Morgan fingerprint density at radius 3 is 2.71 bits per heavy atom. The number of halogens is 2. The quantitative estimate of drug-likeness (QED) is 0.442. The Labute approximate surface area is 200 Å². The van der Waals surface area contributed by atoms with Gasteiger partial charge in [-0.1, -0.05) is 0 Å². The molecule has 186 valence electrons. The van der Waals surface area contributed by atoms with Crippen molar-refractivity contribution in [2.75, 3.05) is 30.8 Å². The molecule has 5 rings (SSSR count). The van der Waals surface area contributed by atoms with Crippen molar-refractivity contribution >= 4 is 28.2 Å². The molecule has 3 aromatic heterocycles. The molecular weight excluding hydrogens is 458 g/mol. The number of ether oxygens (including phenoxy) is 1. The Bertz CT molecular complexity index is 1410. The van der Waals surface area contributed by atoms with Crippen molar-refractivity contribution in [1.29, 1.82) is 0 Å². The summed E-state index contributed by atoms with van der Waals surface area (Å²) in [4.78, 5) is 10.9. The van der Waals surface area contributed by atoms with Gasteiger partial charge in [-0.2, -0.15) is 9.61 Å². The number of aliphatic hydroxyl groups is 1. The first-order valence-electron chi connectivity index (χ1n) is 11.4. The number of fused-ring (bicyclic) bond motifs is 3. The summed E-state index contributed by atoms with van der Waals surface area (Å²) in [5.41, 5.74) is 7.45. The number of alkyl halides is 1. The molecule has 4 heterocycles. The zero-order valence-electron chi connectivity index (χ0n) is 20.0. The second kappa shape index (κ2) is 8.29. The van der Waals surface area contributed by atoms with Crippen molar-refractivity contribution in [2.24, 2.45) is 0 Å². The third kappa shape index (κ3) is 4.33. The van der Waals surface area contributed by atoms with E-state index in [1.807, 2.05) is 18.0 Å². The zero-order chi connectivity index (χ0) is 25.1. The van der Waals surface area contributed by atoms with Gasteiger partial charge < -0.3 is 20.5 Å². The van der Waals surface area contributed by atoms with Crippen LogP contribution in [0.3, 0.4) is 0 Å². The molecule has 4 aromatic rings. The fourth-order valence-corrected chi connectivity index (χ4v) is 4.73. The predicted molar refractivity (Wildman–Crippen MR) is 127 cm³/mol. The van der Waals surface area contributed by atoms with Crippen molar-refractivity contribution in [3.05, 3.63) is 35.7 Å². The first-order chi connectivity index (χ1) is 16.5. The third-order valence-corrected chi connectivity index (χ3v) is 6.14. The van der Waals surface area contributed by atoms with Gasteiger partial charge in [0.05, 0.1) is 36.0 Å². The molecule has 0 unspecified atom stereocenters. The van der Waals surface area contributed by atoms with Gasteiger partial charge in [0.1, 0.15) is 23.3 Å². The topological polar surface area (TPSA) is 120 Å². The molecule has 0 bridgehead atoms. The lowest BCUT2D eigenvalue weighted by atomic mass is 9.95. The Morgan fingerprint density at radius 2 is 2.00 bits per heavy atom. The predicted octanol–water partition coefficient (Wildman–Crippen LogP) is 2.62. The van der Waals surface area contributed by atoms with Crippen molar-refractivity contribution in [3.8, 4) is 5.75 Å². The molecule has 1 saturated heterocycles. The third-order valence-electron chi connectivity index (χ3n) is 6.14. The van der Waals surface area contributed by atoms with Gasteiger partial charge in [0, 0.05) is 31.3 Å². The Kier molecular flexibility index (Phi) is 5.50. The normalized spacial score (nSPS) is 19.1. The lowest BCUT2D eigenvalue weighted by molar-refractivity contribution is 0.0577. The monoisotopic (exact) mass is 486 g/mol. The first-order valence-corrected chi connectivity index (χ1v) is 11.4. The summed E-state index contributed by atoms with van der Waals surface area (Å²) < 4.78 is 37.4. The number of anilines is 2. The van der Waals surface area contributed by atoms with Crippen LogP contribution in [0.1, 0.15) is 37.7 Å². The standard InChI is InChI=1S/C23H28F2N8O2/c1-12-17(10-32(29-12)11-23(2,3)34)31-8-13(5-15(25)9-31)20-28-21-16-6-14(24)7-18(35-4)19(16)27-22(26)33(21)30-20/h6-7,10,13,15,34H,5,8-9,11H2,1-4H3,(H2,26,27)/t13-,15-/m0/s1. The maximum absolute atomic E-state index is 14.9. The second-order valence-electron chi connectivity index (χ2n) is 9.72. The van der Waals surface area contributed by atoms with Crippen molar-refractivity contribution < 1.29 is 18.6 Å². The number of methoxy groups -OCH3 is 1. The minimum absolute atomic E-state index is 0.0735. The highest BCUT2D eigenvalue weighted by Crippen LogP contribution is 2.34. The number of piperidine rings is 1. The fraction of sp³-hybridized carbons (Fsp3) is 0.478. The molecule has 0 spiro atoms. The van der Waals surface area contributed by atoms with E-state index in [-0.39, 0.29) is 30.6 Å². The van der Waals surface area contributed by atoms with Gasteiger partial charge in [-0.25, -0.2) is 18.7 Å². The number of hydrogen-bond donors (Lipinski definition) is 2. The summed E-state index contributed by atoms with van der Waals surface area (Å²) >= 11 is 0. The number of rotatable bonds is 5. The van der Waals surface area contributed by atoms with E-state index in [0.29, 0.717) is 35.5 Å². The molecule has 3 N–H and O–H groups in total. The Morgan fingerprint density at radius 1 is 1.23 bits per heavy atom. The van der Waals surface area contributed by atoms with Crippen molar-refractivity contribution in [1.82, 2.24) is 29.4 Å². The Hall–Kier alpha value is -3.54. The molecule has 1 aliphatic heterocycles. The highest BCUT2D eigenvalue weighted by molar-refractivity contribution is 5.95. The van der Waals surface area contributed by atoms with Crippen LogP contribution in [0.15, 0.2) is 18.3 Å². The maximum atomic E-state index is 14.9. The number of hydrogen-bond acceptors (Lipinski definition) is 8. The highest BCUT2D eigenvalue weighted by Gasteiger charge is 2.33. The van der Waals surface area contributed by atoms with E-state index in [9.17, 15) is 13.9 Å². The summed E-state index contributed by atoms with van der Waals surface area (Å²) in [5.74, 6) is -0.114.